The molecule has 1 amide bonds. The summed E-state index contributed by atoms with van der Waals surface area (Å²) in [5.41, 5.74) is 0.901. The minimum atomic E-state index is -3.89. The van der Waals surface area contributed by atoms with Crippen LogP contribution in [0.15, 0.2) is 106 Å². The van der Waals surface area contributed by atoms with E-state index in [1.54, 1.807) is 12.1 Å². The van der Waals surface area contributed by atoms with Gasteiger partial charge in [-0.1, -0.05) is 90.4 Å². The lowest BCUT2D eigenvalue weighted by Gasteiger charge is -2.30. The molecule has 0 spiro atoms. The molecule has 216 valence electrons. The van der Waals surface area contributed by atoms with E-state index in [9.17, 15) is 18.3 Å². The van der Waals surface area contributed by atoms with Gasteiger partial charge in [-0.25, -0.2) is 8.42 Å². The first kappa shape index (κ1) is 30.7. The fourth-order valence-electron chi connectivity index (χ4n) is 4.58. The van der Waals surface area contributed by atoms with Crippen LogP contribution in [0.25, 0.3) is 10.8 Å². The van der Waals surface area contributed by atoms with Crippen LogP contribution < -0.4 is 10.1 Å². The van der Waals surface area contributed by atoms with E-state index in [-0.39, 0.29) is 30.5 Å². The van der Waals surface area contributed by atoms with Crippen LogP contribution in [0, 0.1) is 5.92 Å². The largest absolute Gasteiger partial charge is 0.484 e. The van der Waals surface area contributed by atoms with E-state index in [2.05, 4.69) is 21.2 Å². The van der Waals surface area contributed by atoms with Gasteiger partial charge in [0.25, 0.3) is 5.91 Å². The zero-order chi connectivity index (χ0) is 29.4. The fourth-order valence-corrected chi connectivity index (χ4v) is 6.46. The van der Waals surface area contributed by atoms with Gasteiger partial charge in [0.15, 0.2) is 6.61 Å². The third-order valence-corrected chi connectivity index (χ3v) is 8.99. The first-order chi connectivity index (χ1) is 19.6. The Morgan fingerprint density at radius 2 is 1.56 bits per heavy atom. The van der Waals surface area contributed by atoms with Crippen molar-refractivity contribution >= 4 is 42.6 Å². The van der Waals surface area contributed by atoms with Crippen molar-refractivity contribution in [3.8, 4) is 5.75 Å². The molecule has 7 nitrogen and oxygen atoms in total. The van der Waals surface area contributed by atoms with E-state index in [1.807, 2.05) is 86.6 Å². The molecule has 0 heterocycles. The number of ether oxygens (including phenoxy) is 1. The number of benzene rings is 4. The average Bonchev–Trinajstić information content (AvgIpc) is 2.96. The highest BCUT2D eigenvalue weighted by molar-refractivity contribution is 9.10. The zero-order valence-electron chi connectivity index (χ0n) is 23.1. The second-order valence-electron chi connectivity index (χ2n) is 10.4. The van der Waals surface area contributed by atoms with E-state index < -0.39 is 28.1 Å². The maximum absolute atomic E-state index is 13.6. The van der Waals surface area contributed by atoms with E-state index in [4.69, 9.17) is 4.74 Å². The third kappa shape index (κ3) is 8.63. The molecule has 0 unspecified atom stereocenters. The van der Waals surface area contributed by atoms with Crippen LogP contribution in [-0.2, 0) is 21.2 Å². The molecule has 0 aromatic heterocycles. The lowest BCUT2D eigenvalue weighted by Crippen LogP contribution is -2.52. The second-order valence-corrected chi connectivity index (χ2v) is 13.3. The average molecular weight is 640 g/mol. The van der Waals surface area contributed by atoms with Gasteiger partial charge in [0.05, 0.1) is 17.0 Å². The van der Waals surface area contributed by atoms with Crippen molar-refractivity contribution in [2.24, 2.45) is 5.92 Å². The van der Waals surface area contributed by atoms with Gasteiger partial charge in [-0.15, -0.1) is 0 Å². The highest BCUT2D eigenvalue weighted by atomic mass is 79.9. The van der Waals surface area contributed by atoms with Gasteiger partial charge < -0.3 is 15.2 Å². The number of carbonyl (C=O) groups excluding carboxylic acids is 1. The van der Waals surface area contributed by atoms with Crippen molar-refractivity contribution in [3.63, 3.8) is 0 Å². The molecule has 0 aliphatic carbocycles. The smallest absolute Gasteiger partial charge is 0.258 e. The summed E-state index contributed by atoms with van der Waals surface area (Å²) in [7, 11) is -3.89. The van der Waals surface area contributed by atoms with E-state index in [1.165, 1.54) is 16.4 Å². The lowest BCUT2D eigenvalue weighted by molar-refractivity contribution is -0.124. The zero-order valence-corrected chi connectivity index (χ0v) is 25.5. The molecule has 0 radical (unpaired) electrons. The summed E-state index contributed by atoms with van der Waals surface area (Å²) in [4.78, 5) is 13.2. The number of aliphatic hydroxyl groups is 1. The Balaban J connectivity index is 1.50. The standard InChI is InChI=1S/C32H35BrN2O5S/c1-23(2)20-35(41(38,39)29-16-13-27(33)14-17-29)21-31(36)30(18-24-8-4-3-5-9-24)34-32(37)22-40-28-15-12-25-10-6-7-11-26(25)19-28/h3-17,19,23,30-31,36H,18,20-22H2,1-2H3,(H,34,37)/t30-,31+/m0/s1. The van der Waals surface area contributed by atoms with Crippen LogP contribution in [0.5, 0.6) is 5.75 Å². The second kappa shape index (κ2) is 14.1. The number of nitrogens with one attached hydrogen (secondary N) is 1. The molecule has 4 aromatic rings. The molecule has 0 aliphatic rings. The van der Waals surface area contributed by atoms with Gasteiger partial charge in [-0.2, -0.15) is 4.31 Å². The summed E-state index contributed by atoms with van der Waals surface area (Å²) in [6.45, 7) is 3.63. The number of carbonyl (C=O) groups is 1. The predicted octanol–water partition coefficient (Wildman–Crippen LogP) is 5.42. The Morgan fingerprint density at radius 1 is 0.902 bits per heavy atom. The van der Waals surface area contributed by atoms with Crippen molar-refractivity contribution < 1.29 is 23.1 Å². The molecular weight excluding hydrogens is 604 g/mol. The summed E-state index contributed by atoms with van der Waals surface area (Å²) < 4.78 is 34.9. The van der Waals surface area contributed by atoms with E-state index >= 15 is 0 Å². The van der Waals surface area contributed by atoms with Crippen molar-refractivity contribution in [2.75, 3.05) is 19.7 Å². The van der Waals surface area contributed by atoms with Crippen molar-refractivity contribution in [2.45, 2.75) is 37.3 Å². The molecule has 0 aliphatic heterocycles. The molecule has 9 heteroatoms. The van der Waals surface area contributed by atoms with Crippen molar-refractivity contribution in [1.29, 1.82) is 0 Å². The molecular formula is C32H35BrN2O5S. The molecule has 2 atom stereocenters. The number of amides is 1. The van der Waals surface area contributed by atoms with Gasteiger partial charge in [-0.3, -0.25) is 4.79 Å². The SMILES string of the molecule is CC(C)CN(C[C@@H](O)[C@H](Cc1ccccc1)NC(=O)COc1ccc2ccccc2c1)S(=O)(=O)c1ccc(Br)cc1. The van der Waals surface area contributed by atoms with Crippen molar-refractivity contribution in [3.05, 3.63) is 107 Å². The molecule has 0 fully saturated rings. The monoisotopic (exact) mass is 638 g/mol. The number of rotatable bonds is 13. The van der Waals surface area contributed by atoms with Crippen molar-refractivity contribution in [1.82, 2.24) is 9.62 Å². The molecule has 0 saturated heterocycles. The maximum Gasteiger partial charge on any atom is 0.258 e. The molecule has 4 rings (SSSR count). The molecule has 41 heavy (non-hydrogen) atoms. The van der Waals surface area contributed by atoms with Crippen LogP contribution in [-0.4, -0.2) is 55.6 Å². The van der Waals surface area contributed by atoms with Crippen LogP contribution >= 0.6 is 15.9 Å². The summed E-state index contributed by atoms with van der Waals surface area (Å²) in [6, 6.07) is 28.6. The number of hydrogen-bond donors (Lipinski definition) is 2. The minimum absolute atomic E-state index is 0.0185. The molecule has 4 aromatic carbocycles. The highest BCUT2D eigenvalue weighted by Crippen LogP contribution is 2.22. The highest BCUT2D eigenvalue weighted by Gasteiger charge is 2.31. The van der Waals surface area contributed by atoms with Gasteiger partial charge in [0.1, 0.15) is 5.75 Å². The number of halogens is 1. The molecule has 0 saturated carbocycles. The number of hydrogen-bond acceptors (Lipinski definition) is 5. The normalized spacial score (nSPS) is 13.3. The maximum atomic E-state index is 13.6. The Morgan fingerprint density at radius 3 is 2.24 bits per heavy atom. The topological polar surface area (TPSA) is 95.9 Å². The molecule has 2 N–H and O–H groups in total. The Bertz CT molecular complexity index is 1550. The van der Waals surface area contributed by atoms with Crippen LogP contribution in [0.4, 0.5) is 0 Å². The predicted molar refractivity (Wildman–Crippen MR) is 165 cm³/mol. The van der Waals surface area contributed by atoms with Gasteiger partial charge in [0.2, 0.25) is 10.0 Å². The van der Waals surface area contributed by atoms with Gasteiger partial charge in [-0.05, 0) is 65.1 Å². The number of fused-ring (bicyclic) bond motifs is 1. The Labute approximate surface area is 250 Å². The van der Waals surface area contributed by atoms with Gasteiger partial charge >= 0.3 is 0 Å². The number of aliphatic hydroxyl groups excluding tert-OH is 1. The minimum Gasteiger partial charge on any atom is -0.484 e. The lowest BCUT2D eigenvalue weighted by atomic mass is 10.0. The quantitative estimate of drug-likeness (QED) is 0.204. The van der Waals surface area contributed by atoms with Gasteiger partial charge in [0, 0.05) is 17.6 Å². The summed E-state index contributed by atoms with van der Waals surface area (Å²) in [5.74, 6) is 0.164. The van der Waals surface area contributed by atoms with Crippen LogP contribution in [0.1, 0.15) is 19.4 Å². The van der Waals surface area contributed by atoms with E-state index in [0.717, 1.165) is 20.8 Å². The first-order valence-corrected chi connectivity index (χ1v) is 15.7. The fraction of sp³-hybridized carbons (Fsp3) is 0.281. The first-order valence-electron chi connectivity index (χ1n) is 13.5. The Kier molecular flexibility index (Phi) is 10.6. The third-order valence-electron chi connectivity index (χ3n) is 6.61. The summed E-state index contributed by atoms with van der Waals surface area (Å²) in [5, 5.41) is 16.3. The van der Waals surface area contributed by atoms with Crippen LogP contribution in [0.2, 0.25) is 0 Å². The number of nitrogens with zero attached hydrogens (tertiary/aromatic N) is 1. The van der Waals surface area contributed by atoms with Crippen LogP contribution in [0.3, 0.4) is 0 Å². The summed E-state index contributed by atoms with van der Waals surface area (Å²) >= 11 is 3.34. The Hall–Kier alpha value is -3.24. The molecule has 0 bridgehead atoms. The summed E-state index contributed by atoms with van der Waals surface area (Å²) in [6.07, 6.45) is -0.860. The number of sulfonamides is 1. The van der Waals surface area contributed by atoms with E-state index in [0.29, 0.717) is 12.2 Å².